The summed E-state index contributed by atoms with van der Waals surface area (Å²) in [6.45, 7) is -7.15. The fraction of sp³-hybridized carbons (Fsp3) is 0.889. The Kier molecular flexibility index (Phi) is 36.3. The molecule has 6 amide bonds. The lowest BCUT2D eigenvalue weighted by molar-refractivity contribution is -0.206. The number of rotatable bonds is 38. The average Bonchev–Trinajstić information content (AvgIpc) is 0.821. The first-order chi connectivity index (χ1) is 51.5. The van der Waals surface area contributed by atoms with Gasteiger partial charge in [-0.25, -0.2) is 22.8 Å². The highest BCUT2D eigenvalue weighted by atomic mass is 31.2. The second kappa shape index (κ2) is 41.8. The zero-order valence-corrected chi connectivity index (χ0v) is 64.0. The van der Waals surface area contributed by atoms with Gasteiger partial charge in [-0.3, -0.25) is 74.0 Å². The van der Waals surface area contributed by atoms with Crippen LogP contribution in [0.15, 0.2) is 0 Å². The first-order valence-electron chi connectivity index (χ1n) is 33.5. The SMILES string of the molecule is CC(=O)NC1C(O)C(O)[C@@H](CO)O[C@H]1COP(=O)(O)OC[C@H]1O[C@@H](COP(=O)(O)OC[C@H]2O[C@@H](COP(=O)(O)OC[C@H]3O[C@@H](COP(=O)(O)OC[C@H]4O[C@@H](COP(=O)(O)OC[C@H]5O[C@@H](CO)C(NC(C)=O)C(O)C5O)C(NC(C)=O)C(O)C4O)C(NC(C)=O)C(O)C3O)C(NC(C)=O)C(O)C2O)C(NC(C)=O)C(O)C1O. The van der Waals surface area contributed by atoms with Crippen LogP contribution in [-0.4, -0.2) is 393 Å². The molecule has 0 saturated carbocycles. The summed E-state index contributed by atoms with van der Waals surface area (Å²) in [4.78, 5) is 126. The summed E-state index contributed by atoms with van der Waals surface area (Å²) in [5.74, 6) is -4.93. The van der Waals surface area contributed by atoms with Crippen LogP contribution < -0.4 is 31.9 Å². The molecule has 6 aliphatic heterocycles. The van der Waals surface area contributed by atoms with E-state index in [9.17, 15) is 148 Å². The highest BCUT2D eigenvalue weighted by molar-refractivity contribution is 7.48. The molecule has 0 aromatic heterocycles. The molecule has 6 heterocycles. The topological polar surface area (TPSA) is 792 Å². The van der Waals surface area contributed by atoms with Crippen LogP contribution in [-0.2, 0) is 125 Å². The Morgan fingerprint density at radius 2 is 0.360 bits per heavy atom. The quantitative estimate of drug-likeness (QED) is 0.0255. The summed E-state index contributed by atoms with van der Waals surface area (Å²) >= 11 is 0. The predicted molar refractivity (Wildman–Crippen MR) is 352 cm³/mol. The summed E-state index contributed by atoms with van der Waals surface area (Å²) in [5, 5.41) is 164. The maximum atomic E-state index is 13.5. The van der Waals surface area contributed by atoms with Gasteiger partial charge in [0, 0.05) is 41.5 Å². The Bertz CT molecular complexity index is 3350. The van der Waals surface area contributed by atoms with Gasteiger partial charge in [0.1, 0.15) is 146 Å². The Morgan fingerprint density at radius 3 is 0.514 bits per heavy atom. The van der Waals surface area contributed by atoms with Crippen LogP contribution in [0.5, 0.6) is 0 Å². The van der Waals surface area contributed by atoms with E-state index in [0.29, 0.717) is 0 Å². The van der Waals surface area contributed by atoms with Crippen molar-refractivity contribution in [1.82, 2.24) is 31.9 Å². The van der Waals surface area contributed by atoms with Crippen molar-refractivity contribution in [2.45, 2.75) is 224 Å². The normalized spacial score (nSPS) is 39.5. The zero-order valence-electron chi connectivity index (χ0n) is 59.6. The van der Waals surface area contributed by atoms with E-state index in [-0.39, 0.29) is 0 Å². The number of hydrogen-bond donors (Lipinski definition) is 25. The molecule has 6 fully saturated rings. The molecule has 0 aromatic carbocycles. The van der Waals surface area contributed by atoms with E-state index in [4.69, 9.17) is 73.7 Å². The minimum absolute atomic E-state index is 0.666. The van der Waals surface area contributed by atoms with Crippen molar-refractivity contribution in [3.05, 3.63) is 0 Å². The van der Waals surface area contributed by atoms with Gasteiger partial charge in [0.15, 0.2) is 0 Å². The molecule has 0 spiro atoms. The number of ether oxygens (including phenoxy) is 6. The van der Waals surface area contributed by atoms with Gasteiger partial charge in [-0.1, -0.05) is 0 Å². The van der Waals surface area contributed by atoms with Crippen LogP contribution >= 0.6 is 39.1 Å². The fourth-order valence-electron chi connectivity index (χ4n) is 12.3. The molecule has 111 heavy (non-hydrogen) atoms. The van der Waals surface area contributed by atoms with Crippen LogP contribution in [0, 0.1) is 0 Å². The third-order valence-electron chi connectivity index (χ3n) is 17.7. The van der Waals surface area contributed by atoms with Gasteiger partial charge in [-0.05, 0) is 0 Å². The van der Waals surface area contributed by atoms with E-state index in [0.717, 1.165) is 41.5 Å². The summed E-state index contributed by atoms with van der Waals surface area (Å²) in [6.07, 6.45) is -44.8. The van der Waals surface area contributed by atoms with E-state index < -0.39 is 337 Å². The van der Waals surface area contributed by atoms with Crippen molar-refractivity contribution in [1.29, 1.82) is 0 Å². The number of phosphoric acid groups is 5. The highest BCUT2D eigenvalue weighted by Crippen LogP contribution is 2.50. The Morgan fingerprint density at radius 1 is 0.234 bits per heavy atom. The second-order valence-electron chi connectivity index (χ2n) is 26.2. The number of nitrogens with one attached hydrogen (secondary N) is 6. The van der Waals surface area contributed by atoms with E-state index in [1.54, 1.807) is 0 Å². The molecule has 25 N–H and O–H groups in total. The standard InChI is InChI=1S/C54H97N6O46P5/c1-19(63)55-37-25(7-61)101-32(44(70)49(37)75)14-96-108(83,84)92-10-28-39(57-21(3)65)51(77)46(72)34(103-28)16-98-110(87,88)94-12-30-41(59-23(5)67)53(79)48(74)36(105-30)18-100-111(89,90)95-13-31-42(60-24(6)68)54(80)47(73)35(106-31)17-99-109(85,86)93-11-29-40(58-22(4)66)52(78)45(71)33(104-29)15-97-107(81,82)91-9-27-38(56-20(2)64)50(76)43(69)26(8-62)102-27/h25-54,61-62,69-80H,7-18H2,1-6H3,(H,55,63)(H,56,64)(H,57,65)(H,58,66)(H,59,67)(H,60,68)(H,81,82)(H,83,84)(H,85,86)(H,87,88)(H,89,90)/t25-,26+,27-,28-,29-,30-,31-,32+,33+,34+,35+,36+,37?,38?,39?,40?,41?,42?,43?,44?,45?,46?,47?,48?,49?,50?,51?,52?,53?,54?/m0/s1. The Balaban J connectivity index is 1.04. The maximum absolute atomic E-state index is 13.5. The number of phosphoric ester groups is 5. The predicted octanol–water partition coefficient (Wildman–Crippen LogP) is -12.4. The van der Waals surface area contributed by atoms with Gasteiger partial charge in [0.05, 0.1) is 116 Å². The molecule has 0 radical (unpaired) electrons. The van der Waals surface area contributed by atoms with Crippen LogP contribution in [0.2, 0.25) is 0 Å². The maximum Gasteiger partial charge on any atom is 0.472 e. The third kappa shape index (κ3) is 27.8. The lowest BCUT2D eigenvalue weighted by atomic mass is 9.93. The van der Waals surface area contributed by atoms with Gasteiger partial charge in [0.2, 0.25) is 35.4 Å². The molecule has 0 bridgehead atoms. The number of aliphatic hydroxyl groups excluding tert-OH is 14. The van der Waals surface area contributed by atoms with Crippen molar-refractivity contribution >= 4 is 74.6 Å². The second-order valence-corrected chi connectivity index (χ2v) is 33.5. The van der Waals surface area contributed by atoms with Crippen molar-refractivity contribution in [3.63, 3.8) is 0 Å². The van der Waals surface area contributed by atoms with Crippen LogP contribution in [0.1, 0.15) is 41.5 Å². The Hall–Kier alpha value is -3.43. The zero-order chi connectivity index (χ0) is 83.3. The van der Waals surface area contributed by atoms with Gasteiger partial charge >= 0.3 is 39.1 Å². The van der Waals surface area contributed by atoms with E-state index in [2.05, 4.69) is 31.9 Å². The van der Waals surface area contributed by atoms with Crippen LogP contribution in [0.25, 0.3) is 0 Å². The van der Waals surface area contributed by atoms with E-state index in [1.165, 1.54) is 0 Å². The lowest BCUT2D eigenvalue weighted by Crippen LogP contribution is -2.65. The minimum Gasteiger partial charge on any atom is -0.394 e. The van der Waals surface area contributed by atoms with E-state index in [1.807, 2.05) is 0 Å². The summed E-state index contributed by atoms with van der Waals surface area (Å²) < 4.78 is 150. The van der Waals surface area contributed by atoms with Gasteiger partial charge < -0.3 is 156 Å². The van der Waals surface area contributed by atoms with Crippen LogP contribution in [0.4, 0.5) is 0 Å². The molecule has 6 saturated heterocycles. The highest BCUT2D eigenvalue weighted by Gasteiger charge is 2.54. The van der Waals surface area contributed by atoms with Crippen molar-refractivity contribution < 1.29 is 221 Å². The first kappa shape index (κ1) is 96.4. The lowest BCUT2D eigenvalue weighted by Gasteiger charge is -2.43. The monoisotopic (exact) mass is 1720 g/mol. The fourth-order valence-corrected chi connectivity index (χ4v) is 16.0. The van der Waals surface area contributed by atoms with Gasteiger partial charge in [-0.2, -0.15) is 0 Å². The minimum atomic E-state index is -5.54. The summed E-state index contributed by atoms with van der Waals surface area (Å²) in [6, 6.07) is -9.62. The number of carbonyl (C=O) groups excluding carboxylic acids is 6. The smallest absolute Gasteiger partial charge is 0.394 e. The molecule has 23 unspecified atom stereocenters. The number of hydrogen-bond acceptors (Lipinski definition) is 41. The summed E-state index contributed by atoms with van der Waals surface area (Å²) in [5.41, 5.74) is 0. The molecule has 57 heteroatoms. The largest absolute Gasteiger partial charge is 0.472 e. The van der Waals surface area contributed by atoms with Gasteiger partial charge in [-0.15, -0.1) is 0 Å². The van der Waals surface area contributed by atoms with Crippen molar-refractivity contribution in [2.75, 3.05) is 79.3 Å². The summed E-state index contributed by atoms with van der Waals surface area (Å²) in [7, 11) is -27.1. The van der Waals surface area contributed by atoms with Crippen LogP contribution in [0.3, 0.4) is 0 Å². The molecule has 6 aliphatic rings. The molecule has 35 atom stereocenters. The molecular formula is C54H97N6O46P5. The first-order valence-corrected chi connectivity index (χ1v) is 41.0. The molecule has 52 nitrogen and oxygen atoms in total. The molecule has 0 aliphatic carbocycles. The number of aliphatic hydroxyl groups is 14. The number of amides is 6. The number of carbonyl (C=O) groups is 6. The van der Waals surface area contributed by atoms with Crippen molar-refractivity contribution in [2.24, 2.45) is 0 Å². The molecule has 0 aromatic rings. The molecule has 6 rings (SSSR count). The van der Waals surface area contributed by atoms with E-state index >= 15 is 0 Å². The van der Waals surface area contributed by atoms with Gasteiger partial charge in [0.25, 0.3) is 0 Å². The van der Waals surface area contributed by atoms with Crippen molar-refractivity contribution in [3.8, 4) is 0 Å². The average molecular weight is 1720 g/mol. The molecular weight excluding hydrogens is 1620 g/mol. The third-order valence-corrected chi connectivity index (χ3v) is 22.4. The molecule has 644 valence electrons. The Labute approximate surface area is 629 Å².